The van der Waals surface area contributed by atoms with E-state index >= 15 is 0 Å². The number of hydrogen-bond acceptors (Lipinski definition) is 3. The van der Waals surface area contributed by atoms with Crippen molar-refractivity contribution in [3.8, 4) is 0 Å². The standard InChI is InChI=1S/C12H28O3Si2/c1-2-3-4-5-6-7-8-9-10-11-12-17-14-13-16-15-17/h17H,2-12,16H2,1H3. The van der Waals surface area contributed by atoms with Crippen molar-refractivity contribution >= 4 is 19.3 Å². The van der Waals surface area contributed by atoms with Crippen molar-refractivity contribution < 1.29 is 13.3 Å². The van der Waals surface area contributed by atoms with Crippen LogP contribution in [0.1, 0.15) is 71.1 Å². The Hall–Kier alpha value is 0.314. The predicted molar refractivity (Wildman–Crippen MR) is 75.6 cm³/mol. The summed E-state index contributed by atoms with van der Waals surface area (Å²) in [5.41, 5.74) is 0. The van der Waals surface area contributed by atoms with E-state index in [4.69, 9.17) is 13.3 Å². The Morgan fingerprint density at radius 1 is 0.824 bits per heavy atom. The lowest BCUT2D eigenvalue weighted by atomic mass is 10.1. The van der Waals surface area contributed by atoms with Crippen molar-refractivity contribution in [1.82, 2.24) is 0 Å². The van der Waals surface area contributed by atoms with Crippen molar-refractivity contribution in [2.75, 3.05) is 0 Å². The van der Waals surface area contributed by atoms with Crippen molar-refractivity contribution in [2.24, 2.45) is 0 Å². The minimum absolute atomic E-state index is 0.723. The Kier molecular flexibility index (Phi) is 10.3. The van der Waals surface area contributed by atoms with Crippen LogP contribution < -0.4 is 0 Å². The fraction of sp³-hybridized carbons (Fsp3) is 1.00. The molecule has 102 valence electrons. The first kappa shape index (κ1) is 15.4. The van der Waals surface area contributed by atoms with Crippen LogP contribution in [0.3, 0.4) is 0 Å². The number of unbranched alkanes of at least 4 members (excludes halogenated alkanes) is 9. The van der Waals surface area contributed by atoms with Crippen LogP contribution in [0, 0.1) is 0 Å². The van der Waals surface area contributed by atoms with E-state index in [-0.39, 0.29) is 0 Å². The molecular weight excluding hydrogens is 248 g/mol. The topological polar surface area (TPSA) is 27.7 Å². The van der Waals surface area contributed by atoms with Crippen LogP contribution in [0.15, 0.2) is 0 Å². The molecule has 1 fully saturated rings. The van der Waals surface area contributed by atoms with E-state index in [0.29, 0.717) is 0 Å². The first-order valence-electron chi connectivity index (χ1n) is 7.33. The third-order valence-electron chi connectivity index (χ3n) is 3.27. The molecule has 0 bridgehead atoms. The minimum Gasteiger partial charge on any atom is -0.418 e. The van der Waals surface area contributed by atoms with Gasteiger partial charge in [0, 0.05) is 0 Å². The first-order chi connectivity index (χ1) is 8.43. The summed E-state index contributed by atoms with van der Waals surface area (Å²) in [6, 6.07) is 1.14. The molecule has 1 unspecified atom stereocenters. The summed E-state index contributed by atoms with van der Waals surface area (Å²) in [6.07, 6.45) is 13.9. The van der Waals surface area contributed by atoms with Crippen molar-refractivity contribution in [3.63, 3.8) is 0 Å². The second kappa shape index (κ2) is 11.4. The molecule has 1 aliphatic rings. The molecule has 1 rings (SSSR count). The smallest absolute Gasteiger partial charge is 0.349 e. The van der Waals surface area contributed by atoms with Gasteiger partial charge in [0.15, 0.2) is 0 Å². The van der Waals surface area contributed by atoms with E-state index in [1.165, 1.54) is 64.2 Å². The fourth-order valence-electron chi connectivity index (χ4n) is 2.17. The Balaban J connectivity index is 1.69. The van der Waals surface area contributed by atoms with E-state index in [1.54, 1.807) is 0 Å². The van der Waals surface area contributed by atoms with Gasteiger partial charge in [0.1, 0.15) is 0 Å². The third-order valence-corrected chi connectivity index (χ3v) is 7.04. The summed E-state index contributed by atoms with van der Waals surface area (Å²) in [6.45, 7) is 2.27. The molecule has 0 radical (unpaired) electrons. The summed E-state index contributed by atoms with van der Waals surface area (Å²) in [4.78, 5) is 0. The molecule has 5 heteroatoms. The largest absolute Gasteiger partial charge is 0.418 e. The highest BCUT2D eigenvalue weighted by Gasteiger charge is 2.20. The Labute approximate surface area is 110 Å². The molecule has 0 aliphatic carbocycles. The van der Waals surface area contributed by atoms with Crippen molar-refractivity contribution in [3.05, 3.63) is 0 Å². The Morgan fingerprint density at radius 3 is 1.94 bits per heavy atom. The van der Waals surface area contributed by atoms with Gasteiger partial charge in [0.2, 0.25) is 0 Å². The van der Waals surface area contributed by atoms with Crippen LogP contribution in [0.25, 0.3) is 0 Å². The second-order valence-electron chi connectivity index (χ2n) is 4.90. The lowest BCUT2D eigenvalue weighted by Crippen LogP contribution is -2.13. The predicted octanol–water partition coefficient (Wildman–Crippen LogP) is 3.11. The van der Waals surface area contributed by atoms with Gasteiger partial charge in [-0.25, -0.2) is 0 Å². The molecule has 1 aliphatic heterocycles. The Bertz CT molecular complexity index is 164. The molecule has 0 saturated carbocycles. The molecule has 0 N–H and O–H groups in total. The molecule has 1 atom stereocenters. The summed E-state index contributed by atoms with van der Waals surface area (Å²) in [5, 5.41) is 0. The fourth-order valence-corrected chi connectivity index (χ4v) is 5.43. The minimum atomic E-state index is -1.32. The van der Waals surface area contributed by atoms with Gasteiger partial charge in [-0.3, -0.25) is 9.15 Å². The van der Waals surface area contributed by atoms with E-state index < -0.39 is 19.3 Å². The number of hydrogen-bond donors (Lipinski definition) is 0. The zero-order valence-corrected chi connectivity index (χ0v) is 13.9. The van der Waals surface area contributed by atoms with Crippen LogP contribution in [-0.4, -0.2) is 19.3 Å². The normalized spacial score (nSPS) is 21.4. The van der Waals surface area contributed by atoms with Crippen LogP contribution >= 0.6 is 0 Å². The van der Waals surface area contributed by atoms with Gasteiger partial charge in [0.25, 0.3) is 0 Å². The van der Waals surface area contributed by atoms with Crippen LogP contribution in [-0.2, 0) is 13.3 Å². The second-order valence-corrected chi connectivity index (χ2v) is 8.33. The molecule has 1 saturated heterocycles. The molecule has 0 aromatic rings. The SMILES string of the molecule is CCCCCCCCCCCC[SiH]1OO[SiH2]O1. The molecule has 17 heavy (non-hydrogen) atoms. The third kappa shape index (κ3) is 8.96. The summed E-state index contributed by atoms with van der Waals surface area (Å²) >= 11 is 0. The number of rotatable bonds is 11. The quantitative estimate of drug-likeness (QED) is 0.330. The molecule has 0 aromatic carbocycles. The zero-order valence-electron chi connectivity index (χ0n) is 11.3. The highest BCUT2D eigenvalue weighted by Crippen LogP contribution is 2.13. The maximum absolute atomic E-state index is 5.47. The molecule has 0 aromatic heterocycles. The lowest BCUT2D eigenvalue weighted by Gasteiger charge is -2.04. The highest BCUT2D eigenvalue weighted by atomic mass is 28.4. The van der Waals surface area contributed by atoms with Gasteiger partial charge < -0.3 is 4.12 Å². The highest BCUT2D eigenvalue weighted by molar-refractivity contribution is 6.53. The summed E-state index contributed by atoms with van der Waals surface area (Å²) in [5.74, 6) is 0. The summed E-state index contributed by atoms with van der Waals surface area (Å²) in [7, 11) is -2.04. The van der Waals surface area contributed by atoms with Gasteiger partial charge in [-0.15, -0.1) is 0 Å². The molecule has 1 heterocycles. The Morgan fingerprint density at radius 2 is 1.41 bits per heavy atom. The van der Waals surface area contributed by atoms with E-state index in [2.05, 4.69) is 6.92 Å². The van der Waals surface area contributed by atoms with E-state index in [0.717, 1.165) is 6.04 Å². The van der Waals surface area contributed by atoms with Gasteiger partial charge >= 0.3 is 19.3 Å². The maximum Gasteiger partial charge on any atom is 0.349 e. The zero-order chi connectivity index (χ0) is 12.2. The maximum atomic E-state index is 5.47. The lowest BCUT2D eigenvalue weighted by molar-refractivity contribution is -0.0927. The summed E-state index contributed by atoms with van der Waals surface area (Å²) < 4.78 is 15.5. The van der Waals surface area contributed by atoms with E-state index in [1.807, 2.05) is 0 Å². The molecule has 0 amide bonds. The molecule has 0 spiro atoms. The van der Waals surface area contributed by atoms with Gasteiger partial charge in [-0.05, 0) is 6.04 Å². The van der Waals surface area contributed by atoms with Crippen molar-refractivity contribution in [2.45, 2.75) is 77.2 Å². The van der Waals surface area contributed by atoms with Crippen molar-refractivity contribution in [1.29, 1.82) is 0 Å². The average molecular weight is 277 g/mol. The van der Waals surface area contributed by atoms with Crippen LogP contribution in [0.4, 0.5) is 0 Å². The van der Waals surface area contributed by atoms with Gasteiger partial charge in [-0.2, -0.15) is 0 Å². The van der Waals surface area contributed by atoms with Crippen LogP contribution in [0.2, 0.25) is 6.04 Å². The first-order valence-corrected chi connectivity index (χ1v) is 10.2. The average Bonchev–Trinajstić information content (AvgIpc) is 2.85. The van der Waals surface area contributed by atoms with Crippen LogP contribution in [0.5, 0.6) is 0 Å². The van der Waals surface area contributed by atoms with Gasteiger partial charge in [-0.1, -0.05) is 71.1 Å². The molecular formula is C12H28O3Si2. The van der Waals surface area contributed by atoms with Gasteiger partial charge in [0.05, 0.1) is 0 Å². The monoisotopic (exact) mass is 276 g/mol. The van der Waals surface area contributed by atoms with E-state index in [9.17, 15) is 0 Å². The molecule has 3 nitrogen and oxygen atoms in total.